The van der Waals surface area contributed by atoms with Crippen molar-refractivity contribution in [2.75, 3.05) is 178 Å². The predicted molar refractivity (Wildman–Crippen MR) is 599 cm³/mol. The van der Waals surface area contributed by atoms with Gasteiger partial charge in [-0.1, -0.05) is 189 Å². The SMILES string of the molecule is CC(C)(c1ccc(N)cc1)c1ccc(C(C)(C)c2ccc(N)cc2)cc1.CN[C@@H]1CCCC[C@H]1NC.NCCCC1OCC2(CO1)COC(CCCN)OC2.NCCCCCCCCCN.NCCCCCCCCN.NCCCCN.NCCOCCOCCN.Nc1cccc(N)c1.Nc1cccc(Oc2ccc(S(=O)(=O)c3ccc(Oc4cccc(N)c4)cc3)cc2)c1.Nc1cccc2cccc(N)c12. The predicted octanol–water partition coefficient (Wildman–Crippen LogP) is 16.1. The Morgan fingerprint density at radius 2 is 0.594 bits per heavy atom. The van der Waals surface area contributed by atoms with Crippen molar-refractivity contribution >= 4 is 66.1 Å². The van der Waals surface area contributed by atoms with Gasteiger partial charge in [0.1, 0.15) is 23.0 Å². The minimum absolute atomic E-state index is 0.0719. The number of unbranched alkanes of at least 4 members (excludes halogenated alkanes) is 12. The third-order valence-electron chi connectivity index (χ3n) is 24.1. The molecule has 3 aliphatic rings. The average Bonchev–Trinajstić information content (AvgIpc) is 0.784. The largest absolute Gasteiger partial charge is 0.457 e. The van der Waals surface area contributed by atoms with Gasteiger partial charge in [-0.15, -0.1) is 0 Å². The fourth-order valence-electron chi connectivity index (χ4n) is 15.4. The number of likely N-dealkylation sites (N-methyl/N-ethyl adjacent to an activating group) is 2. The summed E-state index contributed by atoms with van der Waals surface area (Å²) in [4.78, 5) is 0.328. The highest BCUT2D eigenvalue weighted by atomic mass is 32.2. The van der Waals surface area contributed by atoms with Gasteiger partial charge in [0.05, 0.1) is 68.1 Å². The number of anilines is 8. The fraction of sp³-hybridized carbons (Fsp3) is 0.482. The van der Waals surface area contributed by atoms with Crippen molar-refractivity contribution in [3.05, 3.63) is 253 Å². The van der Waals surface area contributed by atoms with Crippen LogP contribution in [-0.4, -0.2) is 165 Å². The summed E-state index contributed by atoms with van der Waals surface area (Å²) in [6, 6.07) is 71.9. The van der Waals surface area contributed by atoms with Crippen LogP contribution in [0.1, 0.15) is 198 Å². The van der Waals surface area contributed by atoms with E-state index in [4.69, 9.17) is 141 Å². The molecule has 0 bridgehead atoms. The van der Waals surface area contributed by atoms with E-state index in [-0.39, 0.29) is 38.6 Å². The Hall–Kier alpha value is -10.3. The van der Waals surface area contributed by atoms with E-state index in [9.17, 15) is 8.42 Å². The number of hydrogen-bond acceptors (Lipinski definition) is 30. The first-order chi connectivity index (χ1) is 69.0. The average molecular weight is 2000 g/mol. The van der Waals surface area contributed by atoms with Crippen molar-refractivity contribution in [2.24, 2.45) is 62.8 Å². The first kappa shape index (κ1) is 125. The van der Waals surface area contributed by atoms with Crippen molar-refractivity contribution in [2.45, 2.75) is 221 Å². The summed E-state index contributed by atoms with van der Waals surface area (Å²) in [6.45, 7) is 21.4. The second kappa shape index (κ2) is 73.7. The van der Waals surface area contributed by atoms with Crippen LogP contribution in [0.2, 0.25) is 0 Å². The number of benzene rings is 10. The summed E-state index contributed by atoms with van der Waals surface area (Å²) < 4.78 is 70.3. The van der Waals surface area contributed by atoms with Crippen LogP contribution in [0, 0.1) is 5.41 Å². The number of ether oxygens (including phenoxy) is 8. The summed E-state index contributed by atoms with van der Waals surface area (Å²) in [7, 11) is 0.429. The summed E-state index contributed by atoms with van der Waals surface area (Å²) in [5, 5.41) is 8.74. The molecule has 38 N–H and O–H groups in total. The van der Waals surface area contributed by atoms with E-state index in [1.807, 2.05) is 66.7 Å². The topological polar surface area (TPSA) is 600 Å². The lowest BCUT2D eigenvalue weighted by atomic mass is 9.74. The molecule has 31 heteroatoms. The molecule has 2 atom stereocenters. The summed E-state index contributed by atoms with van der Waals surface area (Å²) in [6.07, 6.45) is 27.6. The second-order valence-electron chi connectivity index (χ2n) is 36.7. The molecule has 143 heavy (non-hydrogen) atoms. The van der Waals surface area contributed by atoms with Crippen molar-refractivity contribution < 1.29 is 46.3 Å². The zero-order chi connectivity index (χ0) is 105. The molecule has 30 nitrogen and oxygen atoms in total. The minimum Gasteiger partial charge on any atom is -0.457 e. The maximum absolute atomic E-state index is 12.9. The van der Waals surface area contributed by atoms with Gasteiger partial charge in [-0.2, -0.15) is 0 Å². The summed E-state index contributed by atoms with van der Waals surface area (Å²) >= 11 is 0. The summed E-state index contributed by atoms with van der Waals surface area (Å²) in [5.74, 6) is 2.17. The van der Waals surface area contributed by atoms with Gasteiger partial charge in [0.15, 0.2) is 12.6 Å². The van der Waals surface area contributed by atoms with Crippen LogP contribution in [0.5, 0.6) is 23.0 Å². The lowest BCUT2D eigenvalue weighted by molar-refractivity contribution is -0.304. The molecule has 0 amide bonds. The Bertz CT molecular complexity index is 4690. The highest BCUT2D eigenvalue weighted by molar-refractivity contribution is 7.91. The Morgan fingerprint density at radius 1 is 0.315 bits per heavy atom. The third kappa shape index (κ3) is 50.4. The number of fused-ring (bicyclic) bond motifs is 1. The second-order valence-corrected chi connectivity index (χ2v) is 38.7. The molecule has 0 aromatic heterocycles. The van der Waals surface area contributed by atoms with E-state index >= 15 is 0 Å². The lowest BCUT2D eigenvalue weighted by Crippen LogP contribution is -2.52. The van der Waals surface area contributed by atoms with E-state index in [0.29, 0.717) is 137 Å². The van der Waals surface area contributed by atoms with Crippen LogP contribution in [0.3, 0.4) is 0 Å². The minimum atomic E-state index is -3.68. The summed E-state index contributed by atoms with van der Waals surface area (Å²) in [5.41, 5.74) is 109. The zero-order valence-corrected chi connectivity index (χ0v) is 87.4. The van der Waals surface area contributed by atoms with Gasteiger partial charge in [-0.3, -0.25) is 0 Å². The van der Waals surface area contributed by atoms with Crippen molar-refractivity contribution in [3.63, 3.8) is 0 Å². The van der Waals surface area contributed by atoms with E-state index in [1.165, 1.54) is 156 Å². The molecule has 1 spiro atoms. The van der Waals surface area contributed by atoms with Crippen LogP contribution < -0.4 is 123 Å². The molecule has 10 aromatic carbocycles. The van der Waals surface area contributed by atoms with Crippen molar-refractivity contribution in [1.29, 1.82) is 0 Å². The number of nitrogens with one attached hydrogen (secondary N) is 2. The highest BCUT2D eigenvalue weighted by Gasteiger charge is 2.42. The molecule has 794 valence electrons. The lowest BCUT2D eigenvalue weighted by Gasteiger charge is -2.43. The monoisotopic (exact) mass is 2000 g/mol. The van der Waals surface area contributed by atoms with Crippen molar-refractivity contribution in [1.82, 2.24) is 10.6 Å². The highest BCUT2D eigenvalue weighted by Crippen LogP contribution is 2.38. The first-order valence-corrected chi connectivity index (χ1v) is 52.5. The molecule has 0 radical (unpaired) electrons. The Labute approximate surface area is 855 Å². The molecule has 1 saturated carbocycles. The van der Waals surface area contributed by atoms with Crippen LogP contribution in [0.15, 0.2) is 240 Å². The number of nitrogen functional groups attached to an aromatic ring is 8. The van der Waals surface area contributed by atoms with Gasteiger partial charge in [-0.05, 0) is 299 Å². The van der Waals surface area contributed by atoms with Gasteiger partial charge in [0, 0.05) is 99.0 Å². The molecule has 3 fully saturated rings. The normalized spacial score (nSPS) is 15.7. The van der Waals surface area contributed by atoms with E-state index < -0.39 is 9.84 Å². The van der Waals surface area contributed by atoms with E-state index in [1.54, 1.807) is 91.0 Å². The quantitative estimate of drug-likeness (QED) is 0.0125. The molecule has 2 aliphatic heterocycles. The maximum atomic E-state index is 12.9. The van der Waals surface area contributed by atoms with Gasteiger partial charge in [-0.25, -0.2) is 8.42 Å². The van der Waals surface area contributed by atoms with Crippen LogP contribution >= 0.6 is 0 Å². The number of sulfone groups is 1. The molecule has 2 heterocycles. The van der Waals surface area contributed by atoms with Crippen LogP contribution in [0.4, 0.5) is 45.5 Å². The Kier molecular flexibility index (Phi) is 64.4. The molecule has 13 rings (SSSR count). The van der Waals surface area contributed by atoms with E-state index in [0.717, 1.165) is 111 Å². The molecular weight excluding hydrogens is 1820 g/mol. The molecule has 1 aliphatic carbocycles. The third-order valence-corrected chi connectivity index (χ3v) is 25.9. The van der Waals surface area contributed by atoms with Crippen LogP contribution in [0.25, 0.3) is 10.8 Å². The van der Waals surface area contributed by atoms with Crippen molar-refractivity contribution in [3.8, 4) is 23.0 Å². The fourth-order valence-corrected chi connectivity index (χ4v) is 16.7. The molecular formula is C112H180N20O10S. The molecule has 10 aromatic rings. The first-order valence-electron chi connectivity index (χ1n) is 51.0. The number of hydrogen-bond donors (Lipinski definition) is 20. The van der Waals surface area contributed by atoms with Gasteiger partial charge < -0.3 is 152 Å². The van der Waals surface area contributed by atoms with Crippen LogP contribution in [-0.2, 0) is 49.1 Å². The molecule has 2 saturated heterocycles. The van der Waals surface area contributed by atoms with Gasteiger partial charge in [0.25, 0.3) is 0 Å². The smallest absolute Gasteiger partial charge is 0.206 e. The standard InChI is InChI=1S/C24H20N2O4S.C24H28N2.C13H26N2O4.C10H10N2.C9H22N2.C8H18N2.C8H20N2.C6H16N2O2.C6H8N2.C4H12N2/c25-17-3-1-5-21(15-17)29-19-7-11-23(12-8-19)31(27,28)24-13-9-20(10-14-24)30-22-6-2-4-18(26)16-22;1-23(2,19-9-13-21(25)14-10-19)17-5-7-18(8-6-17)24(3,4)20-11-15-22(26)16-12-20;14-5-1-3-11-16-7-13(8-17-11)9-18-12(19-10-13)4-2-6-15;11-8-5-1-3-7-4-2-6-9(12)10(7)8;10-8-6-4-2-1-3-5-7-9-11;1-9-7-5-3-4-6-8(7)10-2;9-7-5-3-1-2-4-6-8-10;7-1-3-9-5-6-10-4-2-8;7-5-2-1-3-6(8)4-5;5-3-1-2-4-6/h1-16H,25-26H2;5-16H,25-26H2,1-4H3;11-12H,1-10,14-15H2;1-6H,11-12H2;1-11H2;7-10H,3-6H2,1-2H3;1-10H2;1-8H2;1-4H,7-8H2;1-6H2/t;;;;;7-,8-;;;;/m.....1..../s1. The van der Waals surface area contributed by atoms with E-state index in [2.05, 4.69) is 101 Å². The number of nitrogens with two attached hydrogens (primary N) is 18. The maximum Gasteiger partial charge on any atom is 0.206 e. The van der Waals surface area contributed by atoms with Gasteiger partial charge >= 0.3 is 0 Å². The zero-order valence-electron chi connectivity index (χ0n) is 86.6. The Balaban J connectivity index is 0.000000346. The molecule has 0 unspecified atom stereocenters. The Morgan fingerprint density at radius 3 is 0.867 bits per heavy atom. The van der Waals surface area contributed by atoms with Gasteiger partial charge in [0.2, 0.25) is 9.84 Å². The number of rotatable bonds is 43.